The van der Waals surface area contributed by atoms with Gasteiger partial charge in [0.2, 0.25) is 0 Å². The molecule has 0 amide bonds. The Balaban J connectivity index is 1.73. The molecule has 0 bridgehead atoms. The lowest BCUT2D eigenvalue weighted by atomic mass is 10.0. The van der Waals surface area contributed by atoms with Crippen molar-refractivity contribution in [3.05, 3.63) is 11.9 Å². The highest BCUT2D eigenvalue weighted by atomic mass is 32.2. The maximum Gasteiger partial charge on any atom is 0.178 e. The van der Waals surface area contributed by atoms with Crippen molar-refractivity contribution in [1.29, 1.82) is 0 Å². The molecule has 0 unspecified atom stereocenters. The summed E-state index contributed by atoms with van der Waals surface area (Å²) >= 11 is 0. The normalized spacial score (nSPS) is 26.1. The largest absolute Gasteiger partial charge is 0.381 e. The summed E-state index contributed by atoms with van der Waals surface area (Å²) in [5.41, 5.74) is 0.780. The standard InChI is InChI=1S/C13H21N3O3S/c1-20(17,18)12-8-14-15-13(12)10-2-5-16(9-10)11-3-6-19-7-4-11/h8,10-11H,2-7,9H2,1H3,(H,14,15)/t10-/m0/s1. The van der Waals surface area contributed by atoms with Crippen LogP contribution in [0.5, 0.6) is 0 Å². The third kappa shape index (κ3) is 2.75. The molecule has 6 nitrogen and oxygen atoms in total. The number of nitrogens with zero attached hydrogens (tertiary/aromatic N) is 2. The van der Waals surface area contributed by atoms with Gasteiger partial charge in [-0.25, -0.2) is 8.42 Å². The second kappa shape index (κ2) is 5.46. The van der Waals surface area contributed by atoms with Crippen molar-refractivity contribution in [2.24, 2.45) is 0 Å². The number of ether oxygens (including phenoxy) is 1. The number of rotatable bonds is 3. The predicted molar refractivity (Wildman–Crippen MR) is 74.5 cm³/mol. The monoisotopic (exact) mass is 299 g/mol. The van der Waals surface area contributed by atoms with Crippen LogP contribution in [0.4, 0.5) is 0 Å². The molecule has 0 aromatic carbocycles. The van der Waals surface area contributed by atoms with Gasteiger partial charge in [-0.3, -0.25) is 10.00 Å². The summed E-state index contributed by atoms with van der Waals surface area (Å²) in [6, 6.07) is 0.582. The highest BCUT2D eigenvalue weighted by Gasteiger charge is 2.33. The Hall–Kier alpha value is -0.920. The average molecular weight is 299 g/mol. The zero-order chi connectivity index (χ0) is 14.2. The molecule has 2 saturated heterocycles. The van der Waals surface area contributed by atoms with E-state index in [2.05, 4.69) is 15.1 Å². The highest BCUT2D eigenvalue weighted by Crippen LogP contribution is 2.32. The van der Waals surface area contributed by atoms with E-state index in [1.807, 2.05) is 0 Å². The number of hydrogen-bond acceptors (Lipinski definition) is 5. The first-order valence-electron chi connectivity index (χ1n) is 7.11. The van der Waals surface area contributed by atoms with Crippen LogP contribution in [-0.2, 0) is 14.6 Å². The molecule has 0 saturated carbocycles. The topological polar surface area (TPSA) is 75.3 Å². The van der Waals surface area contributed by atoms with Crippen LogP contribution < -0.4 is 0 Å². The minimum atomic E-state index is -3.20. The van der Waals surface area contributed by atoms with Gasteiger partial charge >= 0.3 is 0 Å². The van der Waals surface area contributed by atoms with Gasteiger partial charge < -0.3 is 4.74 Å². The summed E-state index contributed by atoms with van der Waals surface area (Å²) in [6.07, 6.45) is 5.82. The van der Waals surface area contributed by atoms with Crippen molar-refractivity contribution in [1.82, 2.24) is 15.1 Å². The van der Waals surface area contributed by atoms with Crippen LogP contribution in [0.2, 0.25) is 0 Å². The summed E-state index contributed by atoms with van der Waals surface area (Å²) in [6.45, 7) is 3.61. The highest BCUT2D eigenvalue weighted by molar-refractivity contribution is 7.90. The quantitative estimate of drug-likeness (QED) is 0.893. The van der Waals surface area contributed by atoms with Gasteiger partial charge in [-0.2, -0.15) is 5.10 Å². The summed E-state index contributed by atoms with van der Waals surface area (Å²) < 4.78 is 28.9. The van der Waals surface area contributed by atoms with Crippen molar-refractivity contribution in [3.8, 4) is 0 Å². The maximum atomic E-state index is 11.8. The number of aromatic amines is 1. The summed E-state index contributed by atoms with van der Waals surface area (Å²) in [7, 11) is -3.20. The molecule has 2 aliphatic rings. The van der Waals surface area contributed by atoms with Gasteiger partial charge in [0.1, 0.15) is 4.90 Å². The van der Waals surface area contributed by atoms with E-state index in [-0.39, 0.29) is 5.92 Å². The molecule has 1 aromatic rings. The van der Waals surface area contributed by atoms with E-state index in [0.29, 0.717) is 10.9 Å². The molecule has 1 aromatic heterocycles. The lowest BCUT2D eigenvalue weighted by Gasteiger charge is -2.31. The van der Waals surface area contributed by atoms with Crippen molar-refractivity contribution in [2.75, 3.05) is 32.6 Å². The second-order valence-electron chi connectivity index (χ2n) is 5.74. The number of sulfone groups is 1. The molecule has 1 N–H and O–H groups in total. The van der Waals surface area contributed by atoms with E-state index >= 15 is 0 Å². The minimum Gasteiger partial charge on any atom is -0.381 e. The number of H-pyrrole nitrogens is 1. The molecule has 1 atom stereocenters. The van der Waals surface area contributed by atoms with Gasteiger partial charge in [-0.1, -0.05) is 0 Å². The Morgan fingerprint density at radius 1 is 1.35 bits per heavy atom. The van der Waals surface area contributed by atoms with Gasteiger partial charge in [0.05, 0.1) is 11.9 Å². The molecule has 3 rings (SSSR count). The van der Waals surface area contributed by atoms with E-state index < -0.39 is 9.84 Å². The van der Waals surface area contributed by atoms with E-state index in [9.17, 15) is 8.42 Å². The zero-order valence-corrected chi connectivity index (χ0v) is 12.5. The van der Waals surface area contributed by atoms with Gasteiger partial charge in [0.25, 0.3) is 0 Å². The predicted octanol–water partition coefficient (Wildman–Crippen LogP) is 0.781. The summed E-state index contributed by atoms with van der Waals surface area (Å²) in [5, 5.41) is 6.83. The molecule has 0 aliphatic carbocycles. The summed E-state index contributed by atoms with van der Waals surface area (Å²) in [4.78, 5) is 2.83. The van der Waals surface area contributed by atoms with Crippen LogP contribution in [-0.4, -0.2) is 62.1 Å². The molecular formula is C13H21N3O3S. The van der Waals surface area contributed by atoms with Gasteiger partial charge in [-0.05, 0) is 25.8 Å². The third-order valence-electron chi connectivity index (χ3n) is 4.37. The average Bonchev–Trinajstić information content (AvgIpc) is 3.08. The lowest BCUT2D eigenvalue weighted by Crippen LogP contribution is -2.37. The number of likely N-dealkylation sites (tertiary alicyclic amines) is 1. The minimum absolute atomic E-state index is 0.241. The van der Waals surface area contributed by atoms with E-state index in [0.717, 1.165) is 51.3 Å². The Morgan fingerprint density at radius 3 is 2.80 bits per heavy atom. The van der Waals surface area contributed by atoms with Gasteiger partial charge in [0, 0.05) is 38.0 Å². The first-order chi connectivity index (χ1) is 9.55. The molecular weight excluding hydrogens is 278 g/mol. The summed E-state index contributed by atoms with van der Waals surface area (Å²) in [5.74, 6) is 0.241. The molecule has 0 spiro atoms. The maximum absolute atomic E-state index is 11.8. The van der Waals surface area contributed by atoms with Crippen molar-refractivity contribution < 1.29 is 13.2 Å². The third-order valence-corrected chi connectivity index (χ3v) is 5.49. The van der Waals surface area contributed by atoms with Crippen LogP contribution in [0.1, 0.15) is 30.9 Å². The zero-order valence-electron chi connectivity index (χ0n) is 11.7. The Bertz CT molecular complexity index is 563. The number of aromatic nitrogens is 2. The van der Waals surface area contributed by atoms with Crippen LogP contribution in [0.3, 0.4) is 0 Å². The fraction of sp³-hybridized carbons (Fsp3) is 0.769. The SMILES string of the molecule is CS(=O)(=O)c1cn[nH]c1[C@H]1CCN(C2CCOCC2)C1. The molecule has 3 heterocycles. The van der Waals surface area contributed by atoms with Gasteiger partial charge in [-0.15, -0.1) is 0 Å². The number of nitrogens with one attached hydrogen (secondary N) is 1. The molecule has 7 heteroatoms. The molecule has 2 aliphatic heterocycles. The number of hydrogen-bond donors (Lipinski definition) is 1. The van der Waals surface area contributed by atoms with Crippen LogP contribution in [0.25, 0.3) is 0 Å². The second-order valence-corrected chi connectivity index (χ2v) is 7.73. The van der Waals surface area contributed by atoms with Crippen molar-refractivity contribution in [2.45, 2.75) is 36.1 Å². The van der Waals surface area contributed by atoms with E-state index in [1.54, 1.807) is 0 Å². The fourth-order valence-electron chi connectivity index (χ4n) is 3.28. The van der Waals surface area contributed by atoms with Crippen LogP contribution in [0, 0.1) is 0 Å². The molecule has 20 heavy (non-hydrogen) atoms. The van der Waals surface area contributed by atoms with Crippen molar-refractivity contribution >= 4 is 9.84 Å². The lowest BCUT2D eigenvalue weighted by molar-refractivity contribution is 0.0419. The van der Waals surface area contributed by atoms with Gasteiger partial charge in [0.15, 0.2) is 9.84 Å². The first-order valence-corrected chi connectivity index (χ1v) is 9.00. The van der Waals surface area contributed by atoms with E-state index in [1.165, 1.54) is 12.5 Å². The Morgan fingerprint density at radius 2 is 2.10 bits per heavy atom. The molecule has 112 valence electrons. The molecule has 2 fully saturated rings. The smallest absolute Gasteiger partial charge is 0.178 e. The molecule has 0 radical (unpaired) electrons. The first kappa shape index (κ1) is 14.0. The van der Waals surface area contributed by atoms with Crippen LogP contribution in [0.15, 0.2) is 11.1 Å². The Labute approximate surface area is 119 Å². The van der Waals surface area contributed by atoms with E-state index in [4.69, 9.17) is 4.74 Å². The fourth-order valence-corrected chi connectivity index (χ4v) is 4.13. The Kier molecular flexibility index (Phi) is 3.83. The van der Waals surface area contributed by atoms with Crippen LogP contribution >= 0.6 is 0 Å². The van der Waals surface area contributed by atoms with Crippen molar-refractivity contribution in [3.63, 3.8) is 0 Å².